The standard InChI is InChI=1S/C13H17F3O3Si/c1-7(2)17-13(18-8(3)4)19-20-12-6-10(15)9(14)5-11(12)16/h5-8,13H,1-4H3. The van der Waals surface area contributed by atoms with Crippen LogP contribution in [0.25, 0.3) is 0 Å². The van der Waals surface area contributed by atoms with Crippen molar-refractivity contribution in [1.29, 1.82) is 0 Å². The van der Waals surface area contributed by atoms with Crippen LogP contribution < -0.4 is 5.19 Å². The lowest BCUT2D eigenvalue weighted by atomic mass is 10.3. The highest BCUT2D eigenvalue weighted by Crippen LogP contribution is 2.08. The van der Waals surface area contributed by atoms with Crippen LogP contribution in [-0.2, 0) is 13.9 Å². The molecule has 0 N–H and O–H groups in total. The van der Waals surface area contributed by atoms with Gasteiger partial charge in [-0.15, -0.1) is 0 Å². The van der Waals surface area contributed by atoms with Crippen LogP contribution in [0.5, 0.6) is 0 Å². The van der Waals surface area contributed by atoms with Gasteiger partial charge in [-0.3, -0.25) is 0 Å². The van der Waals surface area contributed by atoms with E-state index in [4.69, 9.17) is 13.9 Å². The fourth-order valence-corrected chi connectivity index (χ4v) is 1.93. The summed E-state index contributed by atoms with van der Waals surface area (Å²) in [4.78, 5) is 0. The molecule has 1 aromatic carbocycles. The zero-order valence-electron chi connectivity index (χ0n) is 11.7. The lowest BCUT2D eigenvalue weighted by molar-refractivity contribution is -0.274. The van der Waals surface area contributed by atoms with E-state index in [0.717, 1.165) is 6.07 Å². The summed E-state index contributed by atoms with van der Waals surface area (Å²) in [5, 5.41) is -0.0754. The summed E-state index contributed by atoms with van der Waals surface area (Å²) in [6.45, 7) is 6.19. The summed E-state index contributed by atoms with van der Waals surface area (Å²) in [6, 6.07) is 1.26. The monoisotopic (exact) mass is 306 g/mol. The lowest BCUT2D eigenvalue weighted by Gasteiger charge is -2.22. The summed E-state index contributed by atoms with van der Waals surface area (Å²) >= 11 is 0. The molecule has 112 valence electrons. The van der Waals surface area contributed by atoms with Gasteiger partial charge in [-0.2, -0.15) is 0 Å². The quantitative estimate of drug-likeness (QED) is 0.440. The van der Waals surface area contributed by atoms with Gasteiger partial charge in [0.1, 0.15) is 5.82 Å². The molecule has 1 aromatic rings. The molecule has 2 radical (unpaired) electrons. The molecule has 0 saturated heterocycles. The van der Waals surface area contributed by atoms with E-state index < -0.39 is 33.7 Å². The molecule has 0 aliphatic heterocycles. The van der Waals surface area contributed by atoms with Crippen molar-refractivity contribution >= 4 is 14.9 Å². The van der Waals surface area contributed by atoms with Crippen molar-refractivity contribution < 1.29 is 27.1 Å². The first-order valence-corrected chi connectivity index (χ1v) is 7.07. The maximum Gasteiger partial charge on any atom is 0.278 e. The Hall–Kier alpha value is -0.893. The van der Waals surface area contributed by atoms with Crippen LogP contribution in [-0.4, -0.2) is 28.4 Å². The van der Waals surface area contributed by atoms with E-state index in [0.29, 0.717) is 6.07 Å². The van der Waals surface area contributed by atoms with Crippen molar-refractivity contribution in [2.24, 2.45) is 0 Å². The smallest absolute Gasteiger partial charge is 0.278 e. The van der Waals surface area contributed by atoms with Crippen molar-refractivity contribution in [3.8, 4) is 0 Å². The van der Waals surface area contributed by atoms with E-state index in [-0.39, 0.29) is 17.4 Å². The van der Waals surface area contributed by atoms with E-state index >= 15 is 0 Å². The van der Waals surface area contributed by atoms with Gasteiger partial charge >= 0.3 is 0 Å². The lowest BCUT2D eigenvalue weighted by Crippen LogP contribution is -2.33. The molecule has 0 fully saturated rings. The minimum Gasteiger partial charge on any atom is -0.366 e. The third kappa shape index (κ3) is 5.62. The van der Waals surface area contributed by atoms with Crippen LogP contribution in [0.3, 0.4) is 0 Å². The SMILES string of the molecule is CC(C)OC(O[Si]c1cc(F)c(F)cc1F)OC(C)C. The first-order valence-electron chi connectivity index (χ1n) is 6.16. The minimum atomic E-state index is -1.23. The van der Waals surface area contributed by atoms with E-state index in [1.54, 1.807) is 27.7 Å². The van der Waals surface area contributed by atoms with Crippen molar-refractivity contribution in [1.82, 2.24) is 0 Å². The molecule has 0 aliphatic carbocycles. The molecule has 0 atom stereocenters. The summed E-state index contributed by atoms with van der Waals surface area (Å²) in [6.07, 6.45) is -0.309. The van der Waals surface area contributed by atoms with Gasteiger partial charge in [0.15, 0.2) is 11.6 Å². The molecule has 0 spiro atoms. The van der Waals surface area contributed by atoms with Crippen LogP contribution in [0.2, 0.25) is 0 Å². The molecule has 0 unspecified atom stereocenters. The first-order chi connectivity index (χ1) is 9.29. The molecule has 0 aliphatic rings. The predicted octanol–water partition coefficient (Wildman–Crippen LogP) is 2.50. The van der Waals surface area contributed by atoms with E-state index in [1.165, 1.54) is 0 Å². The molecule has 7 heteroatoms. The van der Waals surface area contributed by atoms with Gasteiger partial charge < -0.3 is 13.9 Å². The predicted molar refractivity (Wildman–Crippen MR) is 69.0 cm³/mol. The molecular weight excluding hydrogens is 289 g/mol. The molecule has 0 bridgehead atoms. The Balaban J connectivity index is 2.69. The highest BCUT2D eigenvalue weighted by atomic mass is 28.2. The zero-order chi connectivity index (χ0) is 15.3. The molecule has 3 nitrogen and oxygen atoms in total. The average molecular weight is 306 g/mol. The maximum absolute atomic E-state index is 13.4. The highest BCUT2D eigenvalue weighted by molar-refractivity contribution is 6.47. The number of hydrogen-bond acceptors (Lipinski definition) is 3. The largest absolute Gasteiger partial charge is 0.366 e. The first kappa shape index (κ1) is 17.2. The van der Waals surface area contributed by atoms with Crippen molar-refractivity contribution in [2.75, 3.05) is 0 Å². The zero-order valence-corrected chi connectivity index (χ0v) is 12.7. The van der Waals surface area contributed by atoms with Crippen molar-refractivity contribution in [3.05, 3.63) is 29.6 Å². The van der Waals surface area contributed by atoms with Crippen LogP contribution in [0.4, 0.5) is 13.2 Å². The van der Waals surface area contributed by atoms with Gasteiger partial charge in [-0.05, 0) is 33.8 Å². The molecule has 0 heterocycles. The summed E-state index contributed by atoms with van der Waals surface area (Å²) in [5.74, 6) is -3.22. The van der Waals surface area contributed by atoms with E-state index in [1.807, 2.05) is 0 Å². The highest BCUT2D eigenvalue weighted by Gasteiger charge is 2.18. The molecule has 20 heavy (non-hydrogen) atoms. The second-order valence-electron chi connectivity index (χ2n) is 4.62. The van der Waals surface area contributed by atoms with Crippen LogP contribution in [0, 0.1) is 17.5 Å². The fourth-order valence-electron chi connectivity index (χ4n) is 1.24. The number of rotatable bonds is 7. The third-order valence-corrected chi connectivity index (χ3v) is 2.96. The number of benzene rings is 1. The van der Waals surface area contributed by atoms with Gasteiger partial charge in [0.2, 0.25) is 0 Å². The van der Waals surface area contributed by atoms with Gasteiger partial charge in [-0.1, -0.05) is 0 Å². The Labute approximate surface area is 119 Å². The molecule has 0 aromatic heterocycles. The van der Waals surface area contributed by atoms with Gasteiger partial charge in [0.25, 0.3) is 16.2 Å². The molecule has 1 rings (SSSR count). The third-order valence-electron chi connectivity index (χ3n) is 2.04. The van der Waals surface area contributed by atoms with E-state index in [2.05, 4.69) is 0 Å². The summed E-state index contributed by atoms with van der Waals surface area (Å²) in [7, 11) is -0.556. The molecular formula is C13H17F3O3Si. The Morgan fingerprint density at radius 3 is 1.85 bits per heavy atom. The number of halogens is 3. The van der Waals surface area contributed by atoms with Crippen molar-refractivity contribution in [3.63, 3.8) is 0 Å². The minimum absolute atomic E-state index is 0.0754. The number of ether oxygens (including phenoxy) is 2. The molecule has 0 saturated carbocycles. The number of hydrogen-bond donors (Lipinski definition) is 0. The Morgan fingerprint density at radius 2 is 1.35 bits per heavy atom. The van der Waals surface area contributed by atoms with Crippen LogP contribution in [0.15, 0.2) is 12.1 Å². The normalized spacial score (nSPS) is 11.9. The van der Waals surface area contributed by atoms with Crippen LogP contribution >= 0.6 is 0 Å². The topological polar surface area (TPSA) is 27.7 Å². The fraction of sp³-hybridized carbons (Fsp3) is 0.538. The van der Waals surface area contributed by atoms with E-state index in [9.17, 15) is 13.2 Å². The van der Waals surface area contributed by atoms with Crippen LogP contribution in [0.1, 0.15) is 27.7 Å². The van der Waals surface area contributed by atoms with Gasteiger partial charge in [0.05, 0.1) is 12.2 Å². The summed E-state index contributed by atoms with van der Waals surface area (Å²) in [5.41, 5.74) is 0. The van der Waals surface area contributed by atoms with Gasteiger partial charge in [0, 0.05) is 11.3 Å². The van der Waals surface area contributed by atoms with Crippen molar-refractivity contribution in [2.45, 2.75) is 46.4 Å². The Bertz CT molecular complexity index is 431. The average Bonchev–Trinajstić information content (AvgIpc) is 2.30. The second-order valence-corrected chi connectivity index (χ2v) is 5.60. The van der Waals surface area contributed by atoms with Gasteiger partial charge in [-0.25, -0.2) is 13.2 Å². The Morgan fingerprint density at radius 1 is 0.850 bits per heavy atom. The summed E-state index contributed by atoms with van der Waals surface area (Å²) < 4.78 is 55.3. The Kier molecular flexibility index (Phi) is 6.67. The maximum atomic E-state index is 13.4. The second kappa shape index (κ2) is 7.77. The molecule has 0 amide bonds.